The second-order valence-corrected chi connectivity index (χ2v) is 9.48. The Morgan fingerprint density at radius 1 is 0.857 bits per heavy atom. The maximum atomic E-state index is 13.5. The Kier molecular flexibility index (Phi) is 2.77. The summed E-state index contributed by atoms with van der Waals surface area (Å²) in [5, 5.41) is 0.308. The molecule has 1 amide bonds. The van der Waals surface area contributed by atoms with Gasteiger partial charge in [-0.1, -0.05) is 0 Å². The highest BCUT2D eigenvalue weighted by Gasteiger charge is 2.58. The van der Waals surface area contributed by atoms with Crippen LogP contribution in [0.3, 0.4) is 0 Å². The van der Waals surface area contributed by atoms with Crippen LogP contribution in [0.15, 0.2) is 0 Å². The van der Waals surface area contributed by atoms with Crippen molar-refractivity contribution in [3.63, 3.8) is 0 Å². The Labute approximate surface area is 132 Å². The molecular weight excluding hydrogens is 282 g/mol. The van der Waals surface area contributed by atoms with E-state index in [4.69, 9.17) is 11.6 Å². The van der Waals surface area contributed by atoms with Crippen molar-refractivity contribution in [1.82, 2.24) is 4.90 Å². The maximum Gasteiger partial charge on any atom is 0.229 e. The van der Waals surface area contributed by atoms with Crippen molar-refractivity contribution in [1.29, 1.82) is 0 Å². The first-order valence-electron chi connectivity index (χ1n) is 9.10. The maximum absolute atomic E-state index is 13.5. The van der Waals surface area contributed by atoms with Crippen molar-refractivity contribution < 1.29 is 4.79 Å². The summed E-state index contributed by atoms with van der Waals surface area (Å²) in [5.41, 5.74) is 0.0503. The number of carbonyl (C=O) groups is 1. The first-order valence-corrected chi connectivity index (χ1v) is 9.53. The average molecular weight is 308 g/mol. The van der Waals surface area contributed by atoms with Crippen molar-refractivity contribution >= 4 is 17.5 Å². The zero-order valence-electron chi connectivity index (χ0n) is 12.8. The molecule has 2 heterocycles. The van der Waals surface area contributed by atoms with E-state index in [2.05, 4.69) is 4.90 Å². The Hall–Kier alpha value is -0.240. The smallest absolute Gasteiger partial charge is 0.229 e. The van der Waals surface area contributed by atoms with E-state index in [9.17, 15) is 4.79 Å². The molecule has 2 nitrogen and oxygen atoms in total. The Balaban J connectivity index is 1.44. The molecule has 21 heavy (non-hydrogen) atoms. The van der Waals surface area contributed by atoms with Gasteiger partial charge >= 0.3 is 0 Å². The van der Waals surface area contributed by atoms with Gasteiger partial charge in [0.25, 0.3) is 0 Å². The molecule has 2 unspecified atom stereocenters. The van der Waals surface area contributed by atoms with Gasteiger partial charge in [-0.15, -0.1) is 11.6 Å². The molecule has 3 heteroatoms. The number of halogens is 1. The summed E-state index contributed by atoms with van der Waals surface area (Å²) < 4.78 is 0. The zero-order chi connectivity index (χ0) is 14.2. The molecule has 0 aromatic rings. The van der Waals surface area contributed by atoms with E-state index in [1.54, 1.807) is 0 Å². The van der Waals surface area contributed by atoms with Gasteiger partial charge in [-0.3, -0.25) is 4.79 Å². The molecular formula is C18H26ClNO. The summed E-state index contributed by atoms with van der Waals surface area (Å²) in [5.74, 6) is 3.15. The number of amides is 1. The lowest BCUT2D eigenvalue weighted by atomic mass is 9.49. The predicted octanol–water partition coefficient (Wildman–Crippen LogP) is 3.96. The minimum Gasteiger partial charge on any atom is -0.336 e. The van der Waals surface area contributed by atoms with Gasteiger partial charge < -0.3 is 4.90 Å². The van der Waals surface area contributed by atoms with Gasteiger partial charge in [-0.05, 0) is 82.0 Å². The summed E-state index contributed by atoms with van der Waals surface area (Å²) in [7, 11) is 0. The highest BCUT2D eigenvalue weighted by molar-refractivity contribution is 6.20. The first-order chi connectivity index (χ1) is 10.1. The van der Waals surface area contributed by atoms with Crippen molar-refractivity contribution in [2.45, 2.75) is 81.7 Å². The molecule has 0 radical (unpaired) electrons. The predicted molar refractivity (Wildman–Crippen MR) is 83.1 cm³/mol. The van der Waals surface area contributed by atoms with Crippen molar-refractivity contribution in [2.24, 2.45) is 23.2 Å². The third kappa shape index (κ3) is 1.87. The lowest BCUT2D eigenvalue weighted by molar-refractivity contribution is -0.162. The van der Waals surface area contributed by atoms with Gasteiger partial charge in [0.2, 0.25) is 5.91 Å². The van der Waals surface area contributed by atoms with Crippen molar-refractivity contribution in [3.8, 4) is 0 Å². The summed E-state index contributed by atoms with van der Waals surface area (Å²) in [6.45, 7) is 0. The highest BCUT2D eigenvalue weighted by Crippen LogP contribution is 2.61. The van der Waals surface area contributed by atoms with Crippen LogP contribution >= 0.6 is 11.6 Å². The Morgan fingerprint density at radius 3 is 1.81 bits per heavy atom. The van der Waals surface area contributed by atoms with Gasteiger partial charge in [0.15, 0.2) is 0 Å². The van der Waals surface area contributed by atoms with E-state index in [-0.39, 0.29) is 5.41 Å². The molecule has 0 aromatic carbocycles. The second-order valence-electron chi connectivity index (χ2n) is 8.86. The second kappa shape index (κ2) is 4.40. The van der Waals surface area contributed by atoms with Crippen LogP contribution in [0.25, 0.3) is 0 Å². The van der Waals surface area contributed by atoms with Crippen molar-refractivity contribution in [3.05, 3.63) is 0 Å². The van der Waals surface area contributed by atoms with Crippen LogP contribution in [0.2, 0.25) is 0 Å². The molecule has 4 aliphatic carbocycles. The number of rotatable bonds is 1. The molecule has 6 aliphatic rings. The number of alkyl halides is 1. The van der Waals surface area contributed by atoms with Crippen LogP contribution in [-0.4, -0.2) is 28.3 Å². The minimum absolute atomic E-state index is 0.0503. The number of carbonyl (C=O) groups excluding carboxylic acids is 1. The van der Waals surface area contributed by atoms with Crippen LogP contribution in [0, 0.1) is 23.2 Å². The van der Waals surface area contributed by atoms with Crippen LogP contribution in [0.5, 0.6) is 0 Å². The Bertz CT molecular complexity index is 427. The standard InChI is InChI=1S/C18H26ClNO/c19-14-6-15-1-2-16(7-14)20(15)17(21)18-8-11-3-12(9-18)5-13(4-11)10-18/h11-16H,1-10H2. The molecule has 2 saturated heterocycles. The Morgan fingerprint density at radius 2 is 1.33 bits per heavy atom. The van der Waals surface area contributed by atoms with Crippen LogP contribution < -0.4 is 0 Å². The van der Waals surface area contributed by atoms with Gasteiger partial charge in [0.05, 0.1) is 5.41 Å². The molecule has 0 N–H and O–H groups in total. The zero-order valence-corrected chi connectivity index (χ0v) is 13.5. The fourth-order valence-corrected chi connectivity index (χ4v) is 7.50. The summed E-state index contributed by atoms with van der Waals surface area (Å²) in [6, 6.07) is 0.929. The van der Waals surface area contributed by atoms with E-state index < -0.39 is 0 Å². The number of fused-ring (bicyclic) bond motifs is 2. The lowest BCUT2D eigenvalue weighted by Crippen LogP contribution is -2.58. The van der Waals surface area contributed by atoms with Crippen molar-refractivity contribution in [2.75, 3.05) is 0 Å². The summed E-state index contributed by atoms with van der Waals surface area (Å²) >= 11 is 6.40. The van der Waals surface area contributed by atoms with E-state index in [0.717, 1.165) is 30.6 Å². The SMILES string of the molecule is O=C(N1C2CCC1CC(Cl)C2)C12CC3CC(CC(C3)C1)C2. The van der Waals surface area contributed by atoms with Gasteiger partial charge in [-0.2, -0.15) is 0 Å². The molecule has 116 valence electrons. The van der Waals surface area contributed by atoms with Gasteiger partial charge in [0.1, 0.15) is 0 Å². The van der Waals surface area contributed by atoms with Crippen LogP contribution in [0.1, 0.15) is 64.2 Å². The third-order valence-corrected chi connectivity index (χ3v) is 7.76. The first kappa shape index (κ1) is 13.2. The average Bonchev–Trinajstić information content (AvgIpc) is 2.68. The number of nitrogens with zero attached hydrogens (tertiary/aromatic N) is 1. The van der Waals surface area contributed by atoms with E-state index >= 15 is 0 Å². The molecule has 2 atom stereocenters. The quantitative estimate of drug-likeness (QED) is 0.671. The molecule has 2 aliphatic heterocycles. The highest BCUT2D eigenvalue weighted by atomic mass is 35.5. The van der Waals surface area contributed by atoms with Crippen LogP contribution in [-0.2, 0) is 4.79 Å². The van der Waals surface area contributed by atoms with E-state index in [1.807, 2.05) is 0 Å². The monoisotopic (exact) mass is 307 g/mol. The molecule has 6 rings (SSSR count). The molecule has 0 spiro atoms. The normalized spacial score (nSPS) is 54.2. The molecule has 6 bridgehead atoms. The summed E-state index contributed by atoms with van der Waals surface area (Å²) in [6.07, 6.45) is 12.4. The van der Waals surface area contributed by atoms with Gasteiger partial charge in [-0.25, -0.2) is 0 Å². The molecule has 6 fully saturated rings. The van der Waals surface area contributed by atoms with Crippen LogP contribution in [0.4, 0.5) is 0 Å². The number of hydrogen-bond donors (Lipinski definition) is 0. The van der Waals surface area contributed by atoms with Gasteiger partial charge in [0, 0.05) is 17.5 Å². The minimum atomic E-state index is 0.0503. The fraction of sp³-hybridized carbons (Fsp3) is 0.944. The summed E-state index contributed by atoms with van der Waals surface area (Å²) in [4.78, 5) is 15.8. The fourth-order valence-electron chi connectivity index (χ4n) is 7.09. The van der Waals surface area contributed by atoms with E-state index in [1.165, 1.54) is 51.4 Å². The number of piperidine rings is 1. The lowest BCUT2D eigenvalue weighted by Gasteiger charge is -2.57. The largest absolute Gasteiger partial charge is 0.336 e. The van der Waals surface area contributed by atoms with E-state index in [0.29, 0.717) is 23.4 Å². The topological polar surface area (TPSA) is 20.3 Å². The molecule has 4 saturated carbocycles. The number of hydrogen-bond acceptors (Lipinski definition) is 1. The third-order valence-electron chi connectivity index (χ3n) is 7.40. The molecule has 0 aromatic heterocycles.